The molecule has 112 valence electrons. The van der Waals surface area contributed by atoms with Gasteiger partial charge in [0.15, 0.2) is 0 Å². The zero-order chi connectivity index (χ0) is 15.4. The smallest absolute Gasteiger partial charge is 0.329 e. The van der Waals surface area contributed by atoms with Gasteiger partial charge in [-0.25, -0.2) is 4.98 Å². The van der Waals surface area contributed by atoms with Crippen LogP contribution >= 0.6 is 11.6 Å². The van der Waals surface area contributed by atoms with E-state index in [4.69, 9.17) is 11.6 Å². The van der Waals surface area contributed by atoms with E-state index in [0.29, 0.717) is 6.54 Å². The summed E-state index contributed by atoms with van der Waals surface area (Å²) in [6, 6.07) is 2.00. The van der Waals surface area contributed by atoms with Crippen LogP contribution in [0.2, 0.25) is 5.28 Å². The van der Waals surface area contributed by atoms with Crippen LogP contribution in [0.5, 0.6) is 0 Å². The first-order chi connectivity index (χ1) is 9.97. The molecule has 2 aromatic rings. The lowest BCUT2D eigenvalue weighted by Gasteiger charge is -2.07. The summed E-state index contributed by atoms with van der Waals surface area (Å²) in [5.74, 6) is 0.133. The fourth-order valence-corrected chi connectivity index (χ4v) is 2.09. The number of aromatic nitrogens is 4. The van der Waals surface area contributed by atoms with E-state index in [1.165, 1.54) is 0 Å². The molecule has 2 heterocycles. The van der Waals surface area contributed by atoms with Crippen LogP contribution in [0.25, 0.3) is 0 Å². The molecule has 21 heavy (non-hydrogen) atoms. The Balaban J connectivity index is 1.93. The third-order valence-electron chi connectivity index (χ3n) is 2.88. The summed E-state index contributed by atoms with van der Waals surface area (Å²) in [5.41, 5.74) is 1.87. The Bertz CT molecular complexity index is 657. The number of aryl methyl sites for hydroxylation is 3. The molecule has 0 spiro atoms. The van der Waals surface area contributed by atoms with Crippen LogP contribution in [0, 0.1) is 24.0 Å². The lowest BCUT2D eigenvalue weighted by atomic mass is 10.3. The van der Waals surface area contributed by atoms with E-state index in [0.717, 1.165) is 30.6 Å². The molecule has 0 radical (unpaired) electrons. The van der Waals surface area contributed by atoms with Crippen LogP contribution < -0.4 is 5.32 Å². The fraction of sp³-hybridized carbons (Fsp3) is 0.417. The molecule has 0 saturated heterocycles. The van der Waals surface area contributed by atoms with E-state index in [2.05, 4.69) is 20.4 Å². The van der Waals surface area contributed by atoms with Crippen LogP contribution in [0.3, 0.4) is 0 Å². The summed E-state index contributed by atoms with van der Waals surface area (Å²) in [6.45, 7) is 5.17. The molecule has 0 aliphatic carbocycles. The molecule has 1 N–H and O–H groups in total. The Morgan fingerprint density at radius 2 is 2.24 bits per heavy atom. The van der Waals surface area contributed by atoms with Gasteiger partial charge in [0.1, 0.15) is 6.20 Å². The number of anilines is 1. The quantitative estimate of drug-likeness (QED) is 0.380. The van der Waals surface area contributed by atoms with Gasteiger partial charge < -0.3 is 5.32 Å². The van der Waals surface area contributed by atoms with Crippen molar-refractivity contribution in [3.8, 4) is 0 Å². The summed E-state index contributed by atoms with van der Waals surface area (Å²) < 4.78 is 1.90. The van der Waals surface area contributed by atoms with E-state index in [-0.39, 0.29) is 16.8 Å². The van der Waals surface area contributed by atoms with Crippen LogP contribution in [-0.4, -0.2) is 31.2 Å². The van der Waals surface area contributed by atoms with Crippen LogP contribution in [-0.2, 0) is 6.54 Å². The molecule has 0 amide bonds. The summed E-state index contributed by atoms with van der Waals surface area (Å²) in [7, 11) is 0. The maximum atomic E-state index is 10.9. The monoisotopic (exact) mass is 310 g/mol. The molecule has 8 nitrogen and oxygen atoms in total. The number of rotatable bonds is 6. The molecule has 0 bridgehead atoms. The predicted octanol–water partition coefficient (Wildman–Crippen LogP) is 2.35. The Morgan fingerprint density at radius 3 is 2.86 bits per heavy atom. The Labute approximate surface area is 126 Å². The van der Waals surface area contributed by atoms with Crippen molar-refractivity contribution < 1.29 is 4.92 Å². The first-order valence-electron chi connectivity index (χ1n) is 6.39. The summed E-state index contributed by atoms with van der Waals surface area (Å²) in [6.07, 6.45) is 1.85. The zero-order valence-corrected chi connectivity index (χ0v) is 12.5. The average molecular weight is 311 g/mol. The minimum Gasteiger partial charge on any atom is -0.364 e. The fourth-order valence-electron chi connectivity index (χ4n) is 1.95. The van der Waals surface area contributed by atoms with Gasteiger partial charge in [-0.05, 0) is 37.9 Å². The number of hydrogen-bond acceptors (Lipinski definition) is 6. The number of nitrogens with one attached hydrogen (secondary N) is 1. The van der Waals surface area contributed by atoms with Crippen molar-refractivity contribution in [2.45, 2.75) is 26.8 Å². The molecule has 0 aliphatic heterocycles. The first kappa shape index (κ1) is 15.2. The van der Waals surface area contributed by atoms with Crippen molar-refractivity contribution in [3.05, 3.63) is 39.0 Å². The van der Waals surface area contributed by atoms with Gasteiger partial charge >= 0.3 is 5.69 Å². The van der Waals surface area contributed by atoms with Gasteiger partial charge in [0.2, 0.25) is 11.1 Å². The van der Waals surface area contributed by atoms with Gasteiger partial charge in [0, 0.05) is 18.8 Å². The summed E-state index contributed by atoms with van der Waals surface area (Å²) >= 11 is 5.65. The maximum absolute atomic E-state index is 10.9. The van der Waals surface area contributed by atoms with Gasteiger partial charge in [-0.2, -0.15) is 10.1 Å². The summed E-state index contributed by atoms with van der Waals surface area (Å²) in [5, 5.41) is 18.1. The van der Waals surface area contributed by atoms with E-state index >= 15 is 0 Å². The topological polar surface area (TPSA) is 98.8 Å². The average Bonchev–Trinajstić information content (AvgIpc) is 2.73. The maximum Gasteiger partial charge on any atom is 0.329 e. The molecule has 0 fully saturated rings. The molecule has 0 unspecified atom stereocenters. The van der Waals surface area contributed by atoms with Crippen LogP contribution in [0.15, 0.2) is 12.3 Å². The number of nitro groups is 1. The van der Waals surface area contributed by atoms with Gasteiger partial charge in [-0.1, -0.05) is 0 Å². The highest BCUT2D eigenvalue weighted by molar-refractivity contribution is 6.28. The number of nitrogens with zero attached hydrogens (tertiary/aromatic N) is 5. The predicted molar refractivity (Wildman–Crippen MR) is 78.5 cm³/mol. The summed E-state index contributed by atoms with van der Waals surface area (Å²) in [4.78, 5) is 17.8. The zero-order valence-electron chi connectivity index (χ0n) is 11.7. The second kappa shape index (κ2) is 6.49. The van der Waals surface area contributed by atoms with Crippen molar-refractivity contribution in [1.82, 2.24) is 19.7 Å². The molecule has 9 heteroatoms. The standard InChI is InChI=1S/C12H15ClN6O2/c1-8-6-9(2)18(17-8)5-3-4-14-11-10(19(20)21)7-15-12(13)16-11/h6-7H,3-5H2,1-2H3,(H,14,15,16). The molecule has 0 saturated carbocycles. The van der Waals surface area contributed by atoms with Crippen molar-refractivity contribution in [1.29, 1.82) is 0 Å². The van der Waals surface area contributed by atoms with Gasteiger partial charge in [-0.15, -0.1) is 0 Å². The molecule has 0 aromatic carbocycles. The molecular formula is C12H15ClN6O2. The largest absolute Gasteiger partial charge is 0.364 e. The lowest BCUT2D eigenvalue weighted by molar-refractivity contribution is -0.384. The van der Waals surface area contributed by atoms with Gasteiger partial charge in [0.25, 0.3) is 0 Å². The van der Waals surface area contributed by atoms with Crippen molar-refractivity contribution >= 4 is 23.1 Å². The molecular weight excluding hydrogens is 296 g/mol. The van der Waals surface area contributed by atoms with Gasteiger partial charge in [-0.3, -0.25) is 14.8 Å². The lowest BCUT2D eigenvalue weighted by Crippen LogP contribution is -2.11. The minimum atomic E-state index is -0.542. The third-order valence-corrected chi connectivity index (χ3v) is 3.06. The first-order valence-corrected chi connectivity index (χ1v) is 6.77. The SMILES string of the molecule is Cc1cc(C)n(CCCNc2nc(Cl)ncc2[N+](=O)[O-])n1. The number of hydrogen-bond donors (Lipinski definition) is 1. The molecule has 2 aromatic heterocycles. The highest BCUT2D eigenvalue weighted by Gasteiger charge is 2.16. The van der Waals surface area contributed by atoms with E-state index in [1.54, 1.807) is 0 Å². The van der Waals surface area contributed by atoms with Crippen LogP contribution in [0.4, 0.5) is 11.5 Å². The van der Waals surface area contributed by atoms with Crippen LogP contribution in [0.1, 0.15) is 17.8 Å². The Hall–Kier alpha value is -2.22. The van der Waals surface area contributed by atoms with E-state index < -0.39 is 4.92 Å². The van der Waals surface area contributed by atoms with Crippen molar-refractivity contribution in [2.75, 3.05) is 11.9 Å². The van der Waals surface area contributed by atoms with Crippen molar-refractivity contribution in [3.63, 3.8) is 0 Å². The minimum absolute atomic E-state index is 0.0263. The molecule has 0 aliphatic rings. The highest BCUT2D eigenvalue weighted by atomic mass is 35.5. The second-order valence-corrected chi connectivity index (χ2v) is 4.90. The number of halogens is 1. The van der Waals surface area contributed by atoms with E-state index in [9.17, 15) is 10.1 Å². The second-order valence-electron chi connectivity index (χ2n) is 4.56. The van der Waals surface area contributed by atoms with E-state index in [1.807, 2.05) is 24.6 Å². The Morgan fingerprint density at radius 1 is 1.48 bits per heavy atom. The van der Waals surface area contributed by atoms with Gasteiger partial charge in [0.05, 0.1) is 10.6 Å². The highest BCUT2D eigenvalue weighted by Crippen LogP contribution is 2.21. The molecule has 2 rings (SSSR count). The van der Waals surface area contributed by atoms with Crippen molar-refractivity contribution in [2.24, 2.45) is 0 Å². The third kappa shape index (κ3) is 3.88. The molecule has 0 atom stereocenters. The Kier molecular flexibility index (Phi) is 4.69. The normalized spacial score (nSPS) is 10.6.